The van der Waals surface area contributed by atoms with Gasteiger partial charge in [-0.3, -0.25) is 0 Å². The molecule has 4 heteroatoms. The molecule has 1 unspecified atom stereocenters. The number of benzene rings is 1. The highest BCUT2D eigenvalue weighted by Crippen LogP contribution is 2.17. The summed E-state index contributed by atoms with van der Waals surface area (Å²) in [5.41, 5.74) is 1.25. The molecule has 1 saturated heterocycles. The molecule has 1 fully saturated rings. The van der Waals surface area contributed by atoms with Gasteiger partial charge in [-0.1, -0.05) is 15.9 Å². The third-order valence-corrected chi connectivity index (χ3v) is 3.59. The molecule has 0 aliphatic carbocycles. The molecule has 1 aliphatic heterocycles. The summed E-state index contributed by atoms with van der Waals surface area (Å²) in [6, 6.07) is 8.41. The third-order valence-electron chi connectivity index (χ3n) is 3.06. The number of ether oxygens (including phenoxy) is 1. The number of hydrogen-bond donors (Lipinski definition) is 1. The van der Waals surface area contributed by atoms with Gasteiger partial charge in [0.25, 0.3) is 0 Å². The van der Waals surface area contributed by atoms with Gasteiger partial charge in [0.05, 0.1) is 12.7 Å². The van der Waals surface area contributed by atoms with E-state index >= 15 is 0 Å². The van der Waals surface area contributed by atoms with Crippen LogP contribution in [0.1, 0.15) is 6.42 Å². The number of nitrogens with one attached hydrogen (secondary N) is 1. The monoisotopic (exact) mass is 298 g/mol. The fourth-order valence-electron chi connectivity index (χ4n) is 1.97. The first-order valence-electron chi connectivity index (χ1n) is 6.05. The van der Waals surface area contributed by atoms with Gasteiger partial charge >= 0.3 is 0 Å². The Morgan fingerprint density at radius 3 is 2.82 bits per heavy atom. The summed E-state index contributed by atoms with van der Waals surface area (Å²) in [6.07, 6.45) is 1.43. The van der Waals surface area contributed by atoms with E-state index in [0.717, 1.165) is 37.1 Å². The van der Waals surface area contributed by atoms with Crippen molar-refractivity contribution in [3.05, 3.63) is 28.7 Å². The average molecular weight is 299 g/mol. The lowest BCUT2D eigenvalue weighted by atomic mass is 10.2. The highest BCUT2D eigenvalue weighted by Gasteiger charge is 2.13. The molecular weight excluding hydrogens is 280 g/mol. The Kier molecular flexibility index (Phi) is 4.83. The van der Waals surface area contributed by atoms with E-state index in [1.165, 1.54) is 5.69 Å². The van der Waals surface area contributed by atoms with Crippen LogP contribution in [0.25, 0.3) is 0 Å². The summed E-state index contributed by atoms with van der Waals surface area (Å²) < 4.78 is 6.81. The number of halogens is 1. The standard InChI is InChI=1S/C13H19BrN2O/c1-16(12-4-2-11(14)3-5-12)8-6-13-10-15-7-9-17-13/h2-5,13,15H,6-10H2,1H3. The van der Waals surface area contributed by atoms with Gasteiger partial charge in [-0.05, 0) is 30.7 Å². The van der Waals surface area contributed by atoms with Crippen LogP contribution in [0.4, 0.5) is 5.69 Å². The molecule has 2 rings (SSSR count). The van der Waals surface area contributed by atoms with Crippen LogP contribution < -0.4 is 10.2 Å². The van der Waals surface area contributed by atoms with Gasteiger partial charge in [0, 0.05) is 36.8 Å². The first kappa shape index (κ1) is 12.9. The van der Waals surface area contributed by atoms with Crippen LogP contribution in [0.5, 0.6) is 0 Å². The summed E-state index contributed by atoms with van der Waals surface area (Å²) >= 11 is 3.45. The topological polar surface area (TPSA) is 24.5 Å². The number of hydrogen-bond acceptors (Lipinski definition) is 3. The van der Waals surface area contributed by atoms with Crippen LogP contribution >= 0.6 is 15.9 Å². The fraction of sp³-hybridized carbons (Fsp3) is 0.538. The summed E-state index contributed by atoms with van der Waals surface area (Å²) in [7, 11) is 2.12. The molecule has 1 N–H and O–H groups in total. The van der Waals surface area contributed by atoms with Crippen LogP contribution in [0.3, 0.4) is 0 Å². The Morgan fingerprint density at radius 1 is 1.41 bits per heavy atom. The molecule has 0 spiro atoms. The molecule has 0 bridgehead atoms. The van der Waals surface area contributed by atoms with E-state index in [-0.39, 0.29) is 0 Å². The molecule has 0 radical (unpaired) electrons. The normalized spacial score (nSPS) is 20.2. The minimum atomic E-state index is 0.363. The summed E-state index contributed by atoms with van der Waals surface area (Å²) in [5, 5.41) is 3.36. The lowest BCUT2D eigenvalue weighted by Gasteiger charge is -2.26. The number of anilines is 1. The lowest BCUT2D eigenvalue weighted by Crippen LogP contribution is -2.40. The molecule has 3 nitrogen and oxygen atoms in total. The SMILES string of the molecule is CN(CCC1CNCCO1)c1ccc(Br)cc1. The molecule has 0 saturated carbocycles. The molecule has 1 aromatic carbocycles. The smallest absolute Gasteiger partial charge is 0.0716 e. The highest BCUT2D eigenvalue weighted by molar-refractivity contribution is 9.10. The first-order chi connectivity index (χ1) is 8.25. The van der Waals surface area contributed by atoms with Crippen molar-refractivity contribution < 1.29 is 4.74 Å². The Labute approximate surface area is 111 Å². The van der Waals surface area contributed by atoms with Crippen LogP contribution in [-0.4, -0.2) is 39.4 Å². The van der Waals surface area contributed by atoms with E-state index in [2.05, 4.69) is 57.5 Å². The fourth-order valence-corrected chi connectivity index (χ4v) is 2.23. The van der Waals surface area contributed by atoms with Crippen molar-refractivity contribution in [2.75, 3.05) is 38.2 Å². The maximum Gasteiger partial charge on any atom is 0.0716 e. The molecule has 1 heterocycles. The molecule has 94 valence electrons. The second-order valence-corrected chi connectivity index (χ2v) is 5.30. The third kappa shape index (κ3) is 3.98. The number of rotatable bonds is 4. The van der Waals surface area contributed by atoms with Gasteiger partial charge in [-0.2, -0.15) is 0 Å². The van der Waals surface area contributed by atoms with Crippen molar-refractivity contribution in [2.24, 2.45) is 0 Å². The van der Waals surface area contributed by atoms with Gasteiger partial charge in [0.15, 0.2) is 0 Å². The molecule has 0 aromatic heterocycles. The molecule has 1 aromatic rings. The second kappa shape index (κ2) is 6.38. The maximum atomic E-state index is 5.69. The van der Waals surface area contributed by atoms with Gasteiger partial charge in [0.1, 0.15) is 0 Å². The Bertz CT molecular complexity index is 336. The summed E-state index contributed by atoms with van der Waals surface area (Å²) in [5.74, 6) is 0. The van der Waals surface area contributed by atoms with Gasteiger partial charge in [-0.15, -0.1) is 0 Å². The molecule has 0 amide bonds. The zero-order valence-electron chi connectivity index (χ0n) is 10.2. The largest absolute Gasteiger partial charge is 0.376 e. The van der Waals surface area contributed by atoms with E-state index in [1.807, 2.05) is 0 Å². The minimum Gasteiger partial charge on any atom is -0.376 e. The van der Waals surface area contributed by atoms with E-state index in [4.69, 9.17) is 4.74 Å². The molecule has 1 aliphatic rings. The zero-order chi connectivity index (χ0) is 12.1. The Hall–Kier alpha value is -0.580. The predicted molar refractivity (Wildman–Crippen MR) is 74.6 cm³/mol. The van der Waals surface area contributed by atoms with E-state index < -0.39 is 0 Å². The molecule has 17 heavy (non-hydrogen) atoms. The lowest BCUT2D eigenvalue weighted by molar-refractivity contribution is 0.0250. The van der Waals surface area contributed by atoms with Gasteiger partial charge < -0.3 is 15.0 Å². The van der Waals surface area contributed by atoms with Gasteiger partial charge in [-0.25, -0.2) is 0 Å². The van der Waals surface area contributed by atoms with Crippen LogP contribution in [0.15, 0.2) is 28.7 Å². The zero-order valence-corrected chi connectivity index (χ0v) is 11.7. The Balaban J connectivity index is 1.80. The first-order valence-corrected chi connectivity index (χ1v) is 6.84. The second-order valence-electron chi connectivity index (χ2n) is 4.38. The van der Waals surface area contributed by atoms with Crippen molar-refractivity contribution in [2.45, 2.75) is 12.5 Å². The van der Waals surface area contributed by atoms with Crippen molar-refractivity contribution >= 4 is 21.6 Å². The minimum absolute atomic E-state index is 0.363. The van der Waals surface area contributed by atoms with Crippen LogP contribution in [0.2, 0.25) is 0 Å². The van der Waals surface area contributed by atoms with E-state index in [0.29, 0.717) is 6.10 Å². The highest BCUT2D eigenvalue weighted by atomic mass is 79.9. The Morgan fingerprint density at radius 2 is 2.18 bits per heavy atom. The summed E-state index contributed by atoms with van der Waals surface area (Å²) in [6.45, 7) is 3.83. The maximum absolute atomic E-state index is 5.69. The number of nitrogens with zero attached hydrogens (tertiary/aromatic N) is 1. The predicted octanol–water partition coefficient (Wildman–Crippen LogP) is 2.26. The van der Waals surface area contributed by atoms with Crippen LogP contribution in [-0.2, 0) is 4.74 Å². The van der Waals surface area contributed by atoms with E-state index in [1.54, 1.807) is 0 Å². The van der Waals surface area contributed by atoms with Crippen molar-refractivity contribution in [3.8, 4) is 0 Å². The van der Waals surface area contributed by atoms with Crippen molar-refractivity contribution in [1.82, 2.24) is 5.32 Å². The van der Waals surface area contributed by atoms with Crippen LogP contribution in [0, 0.1) is 0 Å². The quantitative estimate of drug-likeness (QED) is 0.923. The number of morpholine rings is 1. The molecule has 1 atom stereocenters. The average Bonchev–Trinajstić information content (AvgIpc) is 2.38. The van der Waals surface area contributed by atoms with Crippen molar-refractivity contribution in [3.63, 3.8) is 0 Å². The van der Waals surface area contributed by atoms with Crippen molar-refractivity contribution in [1.29, 1.82) is 0 Å². The van der Waals surface area contributed by atoms with Gasteiger partial charge in [0.2, 0.25) is 0 Å². The molecular formula is C13H19BrN2O. The van der Waals surface area contributed by atoms with E-state index in [9.17, 15) is 0 Å². The summed E-state index contributed by atoms with van der Waals surface area (Å²) in [4.78, 5) is 2.27.